The minimum atomic E-state index is -5.41. The Labute approximate surface area is 172 Å². The molecule has 1 atom stereocenters. The van der Waals surface area contributed by atoms with Gasteiger partial charge in [0.15, 0.2) is 0 Å². The molecule has 0 bridgehead atoms. The molecule has 1 saturated heterocycles. The van der Waals surface area contributed by atoms with E-state index in [-0.39, 0.29) is 6.42 Å². The largest absolute Gasteiger partial charge is 0.453 e. The zero-order valence-electron chi connectivity index (χ0n) is 17.7. The lowest BCUT2D eigenvalue weighted by molar-refractivity contribution is -0.284. The third-order valence-corrected chi connectivity index (χ3v) is 5.52. The second-order valence-electron chi connectivity index (χ2n) is 8.26. The fourth-order valence-electron chi connectivity index (χ4n) is 3.61. The van der Waals surface area contributed by atoms with Crippen molar-refractivity contribution < 1.29 is 31.4 Å². The van der Waals surface area contributed by atoms with Crippen LogP contribution in [0.25, 0.3) is 0 Å². The number of unbranched alkanes of at least 4 members (excludes halogenated alkanes) is 11. The summed E-state index contributed by atoms with van der Waals surface area (Å²) in [5.41, 5.74) is 0. The van der Waals surface area contributed by atoms with Gasteiger partial charge in [0.05, 0.1) is 12.7 Å². The first-order valence-electron chi connectivity index (χ1n) is 11.5. The fraction of sp³-hybridized carbons (Fsp3) is 1.00. The molecule has 0 spiro atoms. The van der Waals surface area contributed by atoms with E-state index in [9.17, 15) is 22.0 Å². The Kier molecular flexibility index (Phi) is 14.1. The van der Waals surface area contributed by atoms with Gasteiger partial charge in [0.1, 0.15) is 0 Å². The maximum absolute atomic E-state index is 12.7. The van der Waals surface area contributed by atoms with E-state index >= 15 is 0 Å². The zero-order chi connectivity index (χ0) is 21.4. The number of rotatable bonds is 17. The highest BCUT2D eigenvalue weighted by atomic mass is 19.4. The Morgan fingerprint density at radius 2 is 1.21 bits per heavy atom. The molecule has 1 fully saturated rings. The molecular weight excluding hydrogens is 391 g/mol. The van der Waals surface area contributed by atoms with Gasteiger partial charge < -0.3 is 9.47 Å². The molecule has 1 aliphatic heterocycles. The molecule has 0 N–H and O–H groups in total. The molecule has 0 radical (unpaired) electrons. The molecule has 174 valence electrons. The quantitative estimate of drug-likeness (QED) is 0.173. The van der Waals surface area contributed by atoms with Gasteiger partial charge in [-0.1, -0.05) is 64.2 Å². The molecule has 0 aromatic heterocycles. The van der Waals surface area contributed by atoms with E-state index in [1.165, 1.54) is 44.9 Å². The molecule has 0 aliphatic carbocycles. The second-order valence-corrected chi connectivity index (χ2v) is 8.26. The van der Waals surface area contributed by atoms with Crippen molar-refractivity contribution in [3.8, 4) is 0 Å². The van der Waals surface area contributed by atoms with Crippen LogP contribution in [0.3, 0.4) is 0 Å². The van der Waals surface area contributed by atoms with Gasteiger partial charge in [-0.2, -0.15) is 22.0 Å². The lowest BCUT2D eigenvalue weighted by Crippen LogP contribution is -2.36. The summed E-state index contributed by atoms with van der Waals surface area (Å²) in [6.45, 7) is 2.41. The maximum Gasteiger partial charge on any atom is 0.453 e. The number of hydrogen-bond donors (Lipinski definition) is 0. The van der Waals surface area contributed by atoms with E-state index in [4.69, 9.17) is 9.47 Å². The van der Waals surface area contributed by atoms with Gasteiger partial charge in [0.2, 0.25) is 0 Å². The third-order valence-electron chi connectivity index (χ3n) is 5.52. The molecular formula is C22H39F5O2. The Balaban J connectivity index is 1.75. The van der Waals surface area contributed by atoms with E-state index < -0.39 is 18.5 Å². The van der Waals surface area contributed by atoms with Crippen molar-refractivity contribution in [2.75, 3.05) is 19.8 Å². The van der Waals surface area contributed by atoms with Crippen molar-refractivity contribution in [3.05, 3.63) is 0 Å². The summed E-state index contributed by atoms with van der Waals surface area (Å²) in [6, 6.07) is 0. The molecule has 1 unspecified atom stereocenters. The van der Waals surface area contributed by atoms with Crippen LogP contribution < -0.4 is 0 Å². The second kappa shape index (κ2) is 15.4. The van der Waals surface area contributed by atoms with Gasteiger partial charge in [-0.3, -0.25) is 0 Å². The molecule has 29 heavy (non-hydrogen) atoms. The smallest absolute Gasteiger partial charge is 0.379 e. The average Bonchev–Trinajstić information content (AvgIpc) is 2.67. The van der Waals surface area contributed by atoms with Crippen molar-refractivity contribution in [2.24, 2.45) is 0 Å². The summed E-state index contributed by atoms with van der Waals surface area (Å²) in [6.07, 6.45) is 8.61. The topological polar surface area (TPSA) is 18.5 Å². The van der Waals surface area contributed by atoms with Crippen molar-refractivity contribution >= 4 is 0 Å². The van der Waals surface area contributed by atoms with Crippen LogP contribution in [0.15, 0.2) is 0 Å². The molecule has 0 aromatic carbocycles. The highest BCUT2D eigenvalue weighted by molar-refractivity contribution is 4.75. The molecule has 1 aliphatic rings. The molecule has 1 rings (SSSR count). The Hall–Kier alpha value is -0.430. The monoisotopic (exact) mass is 430 g/mol. The van der Waals surface area contributed by atoms with E-state index in [0.717, 1.165) is 58.3 Å². The van der Waals surface area contributed by atoms with Gasteiger partial charge in [0, 0.05) is 19.6 Å². The lowest BCUT2D eigenvalue weighted by Gasteiger charge is -2.22. The number of alkyl halides is 5. The van der Waals surface area contributed by atoms with Crippen LogP contribution in [-0.4, -0.2) is 38.0 Å². The minimum Gasteiger partial charge on any atom is -0.379 e. The summed E-state index contributed by atoms with van der Waals surface area (Å²) in [4.78, 5) is 0. The predicted octanol–water partition coefficient (Wildman–Crippen LogP) is 7.84. The third kappa shape index (κ3) is 13.5. The van der Waals surface area contributed by atoms with Crippen molar-refractivity contribution in [2.45, 2.75) is 121 Å². The Morgan fingerprint density at radius 3 is 1.69 bits per heavy atom. The standard InChI is InChI=1S/C22H39F5O2/c23-21(24,22(25,26)27)16-12-9-7-5-3-1-2-4-6-8-10-13-17-28-19-20-15-11-14-18-29-20/h20H,1-19H2. The van der Waals surface area contributed by atoms with Gasteiger partial charge in [-0.15, -0.1) is 0 Å². The van der Waals surface area contributed by atoms with Crippen LogP contribution in [-0.2, 0) is 9.47 Å². The van der Waals surface area contributed by atoms with Gasteiger partial charge in [-0.05, 0) is 32.1 Å². The summed E-state index contributed by atoms with van der Waals surface area (Å²) >= 11 is 0. The van der Waals surface area contributed by atoms with E-state index in [0.29, 0.717) is 12.5 Å². The van der Waals surface area contributed by atoms with Crippen LogP contribution in [0.5, 0.6) is 0 Å². The normalized spacial score (nSPS) is 18.3. The van der Waals surface area contributed by atoms with Crippen molar-refractivity contribution in [1.82, 2.24) is 0 Å². The summed E-state index contributed by atoms with van der Waals surface area (Å²) in [5.74, 6) is -4.54. The SMILES string of the molecule is FC(F)(F)C(F)(F)CCCCCCCCCCCCCCOCC1CCCCO1. The van der Waals surface area contributed by atoms with Gasteiger partial charge >= 0.3 is 12.1 Å². The summed E-state index contributed by atoms with van der Waals surface area (Å²) in [7, 11) is 0. The first-order valence-corrected chi connectivity index (χ1v) is 11.5. The predicted molar refractivity (Wildman–Crippen MR) is 105 cm³/mol. The number of ether oxygens (including phenoxy) is 2. The molecule has 0 aromatic rings. The molecule has 0 amide bonds. The van der Waals surface area contributed by atoms with Crippen molar-refractivity contribution in [3.63, 3.8) is 0 Å². The summed E-state index contributed by atoms with van der Waals surface area (Å²) < 4.78 is 72.9. The van der Waals surface area contributed by atoms with Crippen LogP contribution in [0.4, 0.5) is 22.0 Å². The summed E-state index contributed by atoms with van der Waals surface area (Å²) in [5, 5.41) is 0. The van der Waals surface area contributed by atoms with Crippen LogP contribution >= 0.6 is 0 Å². The Bertz CT molecular complexity index is 382. The first-order chi connectivity index (χ1) is 13.8. The number of hydrogen-bond acceptors (Lipinski definition) is 2. The maximum atomic E-state index is 12.7. The number of halogens is 5. The van der Waals surface area contributed by atoms with Crippen molar-refractivity contribution in [1.29, 1.82) is 0 Å². The first kappa shape index (κ1) is 26.6. The van der Waals surface area contributed by atoms with E-state index in [2.05, 4.69) is 0 Å². The minimum absolute atomic E-state index is 0.0656. The zero-order valence-corrected chi connectivity index (χ0v) is 17.7. The molecule has 2 nitrogen and oxygen atoms in total. The van der Waals surface area contributed by atoms with E-state index in [1.807, 2.05) is 0 Å². The average molecular weight is 431 g/mol. The Morgan fingerprint density at radius 1 is 0.690 bits per heavy atom. The highest BCUT2D eigenvalue weighted by Gasteiger charge is 2.56. The van der Waals surface area contributed by atoms with E-state index in [1.54, 1.807) is 0 Å². The molecule has 1 heterocycles. The van der Waals surface area contributed by atoms with Crippen LogP contribution in [0, 0.1) is 0 Å². The molecule has 7 heteroatoms. The lowest BCUT2D eigenvalue weighted by atomic mass is 10.0. The fourth-order valence-corrected chi connectivity index (χ4v) is 3.61. The highest BCUT2D eigenvalue weighted by Crippen LogP contribution is 2.39. The van der Waals surface area contributed by atoms with Gasteiger partial charge in [-0.25, -0.2) is 0 Å². The van der Waals surface area contributed by atoms with Crippen LogP contribution in [0.1, 0.15) is 103 Å². The molecule has 0 saturated carbocycles. The van der Waals surface area contributed by atoms with Crippen LogP contribution in [0.2, 0.25) is 0 Å². The van der Waals surface area contributed by atoms with Gasteiger partial charge in [0.25, 0.3) is 0 Å².